The summed E-state index contributed by atoms with van der Waals surface area (Å²) in [5.41, 5.74) is 1.41. The van der Waals surface area contributed by atoms with E-state index in [0.717, 1.165) is 19.3 Å². The summed E-state index contributed by atoms with van der Waals surface area (Å²) >= 11 is 0. The number of imidazole rings is 1. The van der Waals surface area contributed by atoms with Gasteiger partial charge < -0.3 is 9.47 Å². The Morgan fingerprint density at radius 3 is 2.59 bits per heavy atom. The molecule has 0 spiro atoms. The molecule has 1 atom stereocenters. The molecule has 2 heterocycles. The van der Waals surface area contributed by atoms with Crippen LogP contribution in [0.25, 0.3) is 5.65 Å². The molecule has 3 rings (SSSR count). The van der Waals surface area contributed by atoms with Gasteiger partial charge in [0.05, 0.1) is 12.3 Å². The van der Waals surface area contributed by atoms with Crippen LogP contribution in [0.1, 0.15) is 76.0 Å². The molecule has 1 saturated carbocycles. The van der Waals surface area contributed by atoms with Gasteiger partial charge in [-0.2, -0.15) is 0 Å². The minimum Gasteiger partial charge on any atom is -0.490 e. The zero-order valence-electron chi connectivity index (χ0n) is 18.2. The van der Waals surface area contributed by atoms with Crippen LogP contribution in [-0.2, 0) is 9.53 Å². The van der Waals surface area contributed by atoms with Crippen molar-refractivity contribution in [2.75, 3.05) is 6.61 Å². The number of Topliss-reactive ketones (excluding diaryl/α,β-unsaturated/α-hetero) is 1. The Hall–Kier alpha value is -2.37. The quantitative estimate of drug-likeness (QED) is 0.472. The third kappa shape index (κ3) is 4.98. The highest BCUT2D eigenvalue weighted by Gasteiger charge is 2.33. The summed E-state index contributed by atoms with van der Waals surface area (Å²) in [7, 11) is 0. The molecule has 2 aromatic rings. The molecule has 6 nitrogen and oxygen atoms in total. The number of hydrogen-bond donors (Lipinski definition) is 0. The molecule has 6 heteroatoms. The Morgan fingerprint density at radius 2 is 2.00 bits per heavy atom. The summed E-state index contributed by atoms with van der Waals surface area (Å²) in [5, 5.41) is 0. The first-order chi connectivity index (χ1) is 13.7. The SMILES string of the molecule is CCOc1cccn2c(C(=O)C[C@@H](CC(=O)OC(C)(C)C)C3CCC3)c(C)nc12. The van der Waals surface area contributed by atoms with Crippen molar-refractivity contribution in [2.45, 2.75) is 72.3 Å². The molecule has 2 aromatic heterocycles. The zero-order chi connectivity index (χ0) is 21.2. The van der Waals surface area contributed by atoms with E-state index < -0.39 is 5.60 Å². The van der Waals surface area contributed by atoms with Crippen LogP contribution in [-0.4, -0.2) is 33.3 Å². The lowest BCUT2D eigenvalue weighted by molar-refractivity contribution is -0.156. The number of aryl methyl sites for hydroxylation is 1. The van der Waals surface area contributed by atoms with Gasteiger partial charge >= 0.3 is 5.97 Å². The lowest BCUT2D eigenvalue weighted by atomic mass is 9.72. The van der Waals surface area contributed by atoms with E-state index in [-0.39, 0.29) is 24.1 Å². The van der Waals surface area contributed by atoms with Crippen molar-refractivity contribution in [1.82, 2.24) is 9.38 Å². The largest absolute Gasteiger partial charge is 0.490 e. The summed E-state index contributed by atoms with van der Waals surface area (Å²) in [6.07, 6.45) is 5.77. The van der Waals surface area contributed by atoms with Crippen molar-refractivity contribution >= 4 is 17.4 Å². The number of ether oxygens (including phenoxy) is 2. The average molecular weight is 401 g/mol. The molecule has 0 aromatic carbocycles. The number of nitrogens with zero attached hydrogens (tertiary/aromatic N) is 2. The number of fused-ring (bicyclic) bond motifs is 1. The Kier molecular flexibility index (Phi) is 6.30. The van der Waals surface area contributed by atoms with Crippen LogP contribution in [0.15, 0.2) is 18.3 Å². The van der Waals surface area contributed by atoms with Gasteiger partial charge in [0.25, 0.3) is 0 Å². The van der Waals surface area contributed by atoms with Crippen LogP contribution in [0.3, 0.4) is 0 Å². The van der Waals surface area contributed by atoms with Crippen LogP contribution >= 0.6 is 0 Å². The van der Waals surface area contributed by atoms with E-state index in [0.29, 0.717) is 41.7 Å². The third-order valence-corrected chi connectivity index (χ3v) is 5.47. The first-order valence-corrected chi connectivity index (χ1v) is 10.5. The fraction of sp³-hybridized carbons (Fsp3) is 0.609. The van der Waals surface area contributed by atoms with E-state index in [1.54, 1.807) is 0 Å². The lowest BCUT2D eigenvalue weighted by Crippen LogP contribution is -2.30. The van der Waals surface area contributed by atoms with Crippen LogP contribution in [0.4, 0.5) is 0 Å². The van der Waals surface area contributed by atoms with E-state index in [9.17, 15) is 9.59 Å². The van der Waals surface area contributed by atoms with Gasteiger partial charge in [-0.1, -0.05) is 19.3 Å². The highest BCUT2D eigenvalue weighted by atomic mass is 16.6. The van der Waals surface area contributed by atoms with Gasteiger partial charge in [0, 0.05) is 19.0 Å². The number of carbonyl (C=O) groups is 2. The van der Waals surface area contributed by atoms with E-state index in [1.807, 2.05) is 57.3 Å². The molecule has 1 aliphatic carbocycles. The lowest BCUT2D eigenvalue weighted by Gasteiger charge is -2.33. The number of esters is 1. The van der Waals surface area contributed by atoms with Crippen LogP contribution in [0, 0.1) is 18.8 Å². The minimum absolute atomic E-state index is 0.00567. The smallest absolute Gasteiger partial charge is 0.306 e. The maximum atomic E-state index is 13.3. The van der Waals surface area contributed by atoms with Gasteiger partial charge in [-0.3, -0.25) is 14.0 Å². The highest BCUT2D eigenvalue weighted by molar-refractivity contribution is 5.97. The molecular formula is C23H32N2O4. The minimum atomic E-state index is -0.515. The van der Waals surface area contributed by atoms with Crippen molar-refractivity contribution in [3.8, 4) is 5.75 Å². The predicted octanol–water partition coefficient (Wildman–Crippen LogP) is 4.76. The molecule has 0 N–H and O–H groups in total. The maximum absolute atomic E-state index is 13.3. The van der Waals surface area contributed by atoms with Gasteiger partial charge in [0.1, 0.15) is 11.3 Å². The van der Waals surface area contributed by atoms with Crippen molar-refractivity contribution in [3.05, 3.63) is 29.7 Å². The number of pyridine rings is 1. The monoisotopic (exact) mass is 400 g/mol. The van der Waals surface area contributed by atoms with Crippen molar-refractivity contribution in [3.63, 3.8) is 0 Å². The molecule has 0 bridgehead atoms. The van der Waals surface area contributed by atoms with E-state index in [1.165, 1.54) is 0 Å². The summed E-state index contributed by atoms with van der Waals surface area (Å²) in [6.45, 7) is 9.91. The topological polar surface area (TPSA) is 69.9 Å². The Bertz CT molecular complexity index is 890. The van der Waals surface area contributed by atoms with Gasteiger partial charge in [0.15, 0.2) is 17.2 Å². The fourth-order valence-corrected chi connectivity index (χ4v) is 4.01. The molecule has 0 amide bonds. The summed E-state index contributed by atoms with van der Waals surface area (Å²) < 4.78 is 13.0. The maximum Gasteiger partial charge on any atom is 0.306 e. The standard InChI is InChI=1S/C23H32N2O4/c1-6-28-19-11-8-12-25-21(15(2)24-22(19)25)18(26)13-17(16-9-7-10-16)14-20(27)29-23(3,4)5/h8,11-12,16-17H,6-7,9-10,13-14H2,1-5H3/t17-/m0/s1. The number of carbonyl (C=O) groups excluding carboxylic acids is 2. The highest BCUT2D eigenvalue weighted by Crippen LogP contribution is 2.38. The van der Waals surface area contributed by atoms with Crippen LogP contribution in [0.5, 0.6) is 5.75 Å². The molecule has 0 saturated heterocycles. The van der Waals surface area contributed by atoms with Gasteiger partial charge in [-0.05, 0) is 58.6 Å². The van der Waals surface area contributed by atoms with Gasteiger partial charge in [-0.25, -0.2) is 4.98 Å². The van der Waals surface area contributed by atoms with Gasteiger partial charge in [0.2, 0.25) is 0 Å². The van der Waals surface area contributed by atoms with Crippen LogP contribution < -0.4 is 4.74 Å². The molecule has 1 fully saturated rings. The first kappa shape index (κ1) is 21.3. The summed E-state index contributed by atoms with van der Waals surface area (Å²) in [6, 6.07) is 3.72. The zero-order valence-corrected chi connectivity index (χ0v) is 18.2. The molecule has 1 aliphatic rings. The van der Waals surface area contributed by atoms with Crippen molar-refractivity contribution < 1.29 is 19.1 Å². The fourth-order valence-electron chi connectivity index (χ4n) is 4.01. The normalized spacial score (nSPS) is 15.8. The van der Waals surface area contributed by atoms with Crippen molar-refractivity contribution in [1.29, 1.82) is 0 Å². The molecule has 0 unspecified atom stereocenters. The number of aromatic nitrogens is 2. The number of hydrogen-bond acceptors (Lipinski definition) is 5. The predicted molar refractivity (Wildman–Crippen MR) is 111 cm³/mol. The third-order valence-electron chi connectivity index (χ3n) is 5.47. The Balaban J connectivity index is 1.82. The summed E-state index contributed by atoms with van der Waals surface area (Å²) in [5.74, 6) is 0.873. The Labute approximate surface area is 172 Å². The van der Waals surface area contributed by atoms with E-state index in [4.69, 9.17) is 9.47 Å². The summed E-state index contributed by atoms with van der Waals surface area (Å²) in [4.78, 5) is 30.3. The number of ketones is 1. The second-order valence-corrected chi connectivity index (χ2v) is 8.91. The second kappa shape index (κ2) is 8.56. The molecule has 0 aliphatic heterocycles. The first-order valence-electron chi connectivity index (χ1n) is 10.5. The molecule has 29 heavy (non-hydrogen) atoms. The molecule has 0 radical (unpaired) electrons. The van der Waals surface area contributed by atoms with Crippen molar-refractivity contribution in [2.24, 2.45) is 11.8 Å². The van der Waals surface area contributed by atoms with E-state index in [2.05, 4.69) is 4.98 Å². The van der Waals surface area contributed by atoms with Gasteiger partial charge in [-0.15, -0.1) is 0 Å². The molecular weight excluding hydrogens is 368 g/mol. The average Bonchev–Trinajstić information content (AvgIpc) is 2.88. The van der Waals surface area contributed by atoms with E-state index >= 15 is 0 Å². The Morgan fingerprint density at radius 1 is 1.28 bits per heavy atom. The second-order valence-electron chi connectivity index (χ2n) is 8.91. The van der Waals surface area contributed by atoms with Crippen LogP contribution in [0.2, 0.25) is 0 Å². The number of rotatable bonds is 8. The molecule has 158 valence electrons.